The number of rotatable bonds is 2. The molecule has 0 aliphatic heterocycles. The lowest BCUT2D eigenvalue weighted by Crippen LogP contribution is -2.34. The molecule has 0 saturated heterocycles. The summed E-state index contributed by atoms with van der Waals surface area (Å²) in [6, 6.07) is 16.7. The molecule has 17 heavy (non-hydrogen) atoms. The summed E-state index contributed by atoms with van der Waals surface area (Å²) in [7, 11) is 0. The molecule has 0 aliphatic rings. The van der Waals surface area contributed by atoms with E-state index < -0.39 is 5.54 Å². The van der Waals surface area contributed by atoms with Gasteiger partial charge in [0.05, 0.1) is 5.54 Å². The highest BCUT2D eigenvalue weighted by molar-refractivity contribution is 5.40. The summed E-state index contributed by atoms with van der Waals surface area (Å²) in [5.74, 6) is 0. The van der Waals surface area contributed by atoms with Crippen molar-refractivity contribution < 1.29 is 0 Å². The molecule has 88 valence electrons. The molecule has 0 bridgehead atoms. The van der Waals surface area contributed by atoms with Crippen LogP contribution in [0.5, 0.6) is 0 Å². The monoisotopic (exact) mass is 225 g/mol. The SMILES string of the molecule is Cc1ccc(C(C)(N)c2ccccc2)cc1C. The fraction of sp³-hybridized carbons (Fsp3) is 0.250. The second-order valence-electron chi connectivity index (χ2n) is 4.87. The van der Waals surface area contributed by atoms with Crippen molar-refractivity contribution in [3.8, 4) is 0 Å². The molecule has 1 nitrogen and oxygen atoms in total. The Balaban J connectivity index is 2.48. The molecule has 0 heterocycles. The van der Waals surface area contributed by atoms with E-state index in [1.54, 1.807) is 0 Å². The minimum atomic E-state index is -0.431. The Kier molecular flexibility index (Phi) is 3.03. The minimum absolute atomic E-state index is 0.431. The first-order valence-corrected chi connectivity index (χ1v) is 5.94. The summed E-state index contributed by atoms with van der Waals surface area (Å²) in [6.07, 6.45) is 0. The third-order valence-corrected chi connectivity index (χ3v) is 3.48. The van der Waals surface area contributed by atoms with E-state index in [4.69, 9.17) is 5.73 Å². The van der Waals surface area contributed by atoms with Gasteiger partial charge >= 0.3 is 0 Å². The van der Waals surface area contributed by atoms with Crippen molar-refractivity contribution in [2.75, 3.05) is 0 Å². The maximum atomic E-state index is 6.48. The highest BCUT2D eigenvalue weighted by Crippen LogP contribution is 2.27. The Morgan fingerprint density at radius 2 is 1.47 bits per heavy atom. The van der Waals surface area contributed by atoms with Crippen LogP contribution in [-0.4, -0.2) is 0 Å². The predicted octanol–water partition coefficient (Wildman–Crippen LogP) is 3.53. The van der Waals surface area contributed by atoms with Crippen molar-refractivity contribution in [3.05, 3.63) is 70.8 Å². The van der Waals surface area contributed by atoms with Gasteiger partial charge < -0.3 is 5.73 Å². The molecule has 1 atom stereocenters. The number of nitrogens with two attached hydrogens (primary N) is 1. The quantitative estimate of drug-likeness (QED) is 0.831. The fourth-order valence-electron chi connectivity index (χ4n) is 2.02. The molecule has 0 fully saturated rings. The summed E-state index contributed by atoms with van der Waals surface area (Å²) < 4.78 is 0. The summed E-state index contributed by atoms with van der Waals surface area (Å²) in [5.41, 5.74) is 10.9. The highest BCUT2D eigenvalue weighted by atomic mass is 14.7. The third-order valence-electron chi connectivity index (χ3n) is 3.48. The smallest absolute Gasteiger partial charge is 0.0637 e. The largest absolute Gasteiger partial charge is 0.318 e. The van der Waals surface area contributed by atoms with Gasteiger partial charge in [0.15, 0.2) is 0 Å². The first-order chi connectivity index (χ1) is 8.01. The van der Waals surface area contributed by atoms with Crippen molar-refractivity contribution in [2.24, 2.45) is 5.73 Å². The lowest BCUT2D eigenvalue weighted by molar-refractivity contribution is 0.602. The van der Waals surface area contributed by atoms with E-state index >= 15 is 0 Å². The molecule has 0 radical (unpaired) electrons. The summed E-state index contributed by atoms with van der Waals surface area (Å²) in [5, 5.41) is 0. The van der Waals surface area contributed by atoms with Gasteiger partial charge in [-0.1, -0.05) is 48.5 Å². The Morgan fingerprint density at radius 3 is 2.06 bits per heavy atom. The van der Waals surface area contributed by atoms with Crippen LogP contribution in [0.1, 0.15) is 29.2 Å². The molecular weight excluding hydrogens is 206 g/mol. The van der Waals surface area contributed by atoms with E-state index in [-0.39, 0.29) is 0 Å². The van der Waals surface area contributed by atoms with Gasteiger partial charge in [-0.25, -0.2) is 0 Å². The van der Waals surface area contributed by atoms with Gasteiger partial charge in [-0.3, -0.25) is 0 Å². The molecule has 0 aliphatic carbocycles. The van der Waals surface area contributed by atoms with E-state index in [1.165, 1.54) is 11.1 Å². The van der Waals surface area contributed by atoms with Crippen LogP contribution in [0.3, 0.4) is 0 Å². The molecule has 1 heteroatoms. The normalized spacial score (nSPS) is 14.4. The molecule has 2 rings (SSSR count). The van der Waals surface area contributed by atoms with Crippen LogP contribution in [0, 0.1) is 13.8 Å². The molecule has 2 N–H and O–H groups in total. The topological polar surface area (TPSA) is 26.0 Å². The van der Waals surface area contributed by atoms with Crippen molar-refractivity contribution in [2.45, 2.75) is 26.3 Å². The van der Waals surface area contributed by atoms with Crippen LogP contribution in [0.4, 0.5) is 0 Å². The van der Waals surface area contributed by atoms with Crippen LogP contribution in [0.2, 0.25) is 0 Å². The van der Waals surface area contributed by atoms with Gasteiger partial charge in [-0.15, -0.1) is 0 Å². The summed E-state index contributed by atoms with van der Waals surface area (Å²) >= 11 is 0. The number of hydrogen-bond donors (Lipinski definition) is 1. The number of aryl methyl sites for hydroxylation is 2. The standard InChI is InChI=1S/C16H19N/c1-12-9-10-15(11-13(12)2)16(3,17)14-7-5-4-6-8-14/h4-11H,17H2,1-3H3. The average Bonchev–Trinajstić information content (AvgIpc) is 2.33. The third kappa shape index (κ3) is 2.25. The molecule has 1 unspecified atom stereocenters. The van der Waals surface area contributed by atoms with Gasteiger partial charge in [0.2, 0.25) is 0 Å². The molecule has 2 aromatic rings. The van der Waals surface area contributed by atoms with Gasteiger partial charge in [-0.05, 0) is 43.0 Å². The number of benzene rings is 2. The van der Waals surface area contributed by atoms with Crippen LogP contribution in [0.15, 0.2) is 48.5 Å². The molecule has 0 aromatic heterocycles. The Hall–Kier alpha value is -1.60. The zero-order valence-corrected chi connectivity index (χ0v) is 10.7. The molecule has 0 saturated carbocycles. The van der Waals surface area contributed by atoms with Crippen molar-refractivity contribution in [1.29, 1.82) is 0 Å². The number of hydrogen-bond acceptors (Lipinski definition) is 1. The molecule has 2 aromatic carbocycles. The second kappa shape index (κ2) is 4.34. The Morgan fingerprint density at radius 1 is 0.824 bits per heavy atom. The van der Waals surface area contributed by atoms with Crippen molar-refractivity contribution in [3.63, 3.8) is 0 Å². The summed E-state index contributed by atoms with van der Waals surface area (Å²) in [4.78, 5) is 0. The lowest BCUT2D eigenvalue weighted by Gasteiger charge is -2.26. The van der Waals surface area contributed by atoms with Crippen molar-refractivity contribution in [1.82, 2.24) is 0 Å². The molecular formula is C16H19N. The lowest BCUT2D eigenvalue weighted by atomic mass is 9.84. The first kappa shape index (κ1) is 11.9. The fourth-order valence-corrected chi connectivity index (χ4v) is 2.02. The van der Waals surface area contributed by atoms with E-state index in [1.807, 2.05) is 18.2 Å². The minimum Gasteiger partial charge on any atom is -0.318 e. The van der Waals surface area contributed by atoms with Crippen LogP contribution < -0.4 is 5.73 Å². The van der Waals surface area contributed by atoms with Gasteiger partial charge in [0.1, 0.15) is 0 Å². The second-order valence-corrected chi connectivity index (χ2v) is 4.87. The van der Waals surface area contributed by atoms with E-state index in [0.29, 0.717) is 0 Å². The van der Waals surface area contributed by atoms with Crippen LogP contribution >= 0.6 is 0 Å². The highest BCUT2D eigenvalue weighted by Gasteiger charge is 2.23. The predicted molar refractivity (Wildman–Crippen MR) is 73.0 cm³/mol. The molecule has 0 spiro atoms. The van der Waals surface area contributed by atoms with Gasteiger partial charge in [0.25, 0.3) is 0 Å². The van der Waals surface area contributed by atoms with Crippen LogP contribution in [0.25, 0.3) is 0 Å². The summed E-state index contributed by atoms with van der Waals surface area (Å²) in [6.45, 7) is 6.31. The zero-order valence-electron chi connectivity index (χ0n) is 10.7. The molecule has 0 amide bonds. The van der Waals surface area contributed by atoms with E-state index in [2.05, 4.69) is 51.1 Å². The average molecular weight is 225 g/mol. The Bertz CT molecular complexity index is 512. The zero-order chi connectivity index (χ0) is 12.5. The first-order valence-electron chi connectivity index (χ1n) is 5.94. The van der Waals surface area contributed by atoms with Crippen LogP contribution in [-0.2, 0) is 5.54 Å². The van der Waals surface area contributed by atoms with E-state index in [9.17, 15) is 0 Å². The Labute approximate surface area is 103 Å². The maximum absolute atomic E-state index is 6.48. The van der Waals surface area contributed by atoms with Gasteiger partial charge in [-0.2, -0.15) is 0 Å². The maximum Gasteiger partial charge on any atom is 0.0637 e. The van der Waals surface area contributed by atoms with E-state index in [0.717, 1.165) is 11.1 Å². The van der Waals surface area contributed by atoms with Gasteiger partial charge in [0, 0.05) is 0 Å². The van der Waals surface area contributed by atoms with Crippen molar-refractivity contribution >= 4 is 0 Å².